The number of ketones is 1. The van der Waals surface area contributed by atoms with Crippen molar-refractivity contribution < 1.29 is 9.59 Å². The van der Waals surface area contributed by atoms with E-state index in [9.17, 15) is 9.59 Å². The summed E-state index contributed by atoms with van der Waals surface area (Å²) in [6.07, 6.45) is 7.37. The second-order valence-electron chi connectivity index (χ2n) is 7.51. The van der Waals surface area contributed by atoms with Crippen LogP contribution in [0.15, 0.2) is 35.4 Å². The molecule has 9 heteroatoms. The number of nitrogens with two attached hydrogens (primary N) is 1. The number of allylic oxidation sites excluding steroid dienone is 2. The zero-order valence-corrected chi connectivity index (χ0v) is 23.7. The number of nitrogens with one attached hydrogen (secondary N) is 2. The Labute approximate surface area is 218 Å². The summed E-state index contributed by atoms with van der Waals surface area (Å²) in [7, 11) is 2.03. The fraction of sp³-hybridized carbons (Fsp3) is 0.500. The first kappa shape index (κ1) is 30.5. The first-order valence-electron chi connectivity index (χ1n) is 12.4. The Morgan fingerprint density at radius 3 is 2.57 bits per heavy atom. The minimum absolute atomic E-state index is 0.0492. The maximum absolute atomic E-state index is 12.8. The minimum Gasteiger partial charge on any atom is -0.382 e. The average molecular weight is 520 g/mol. The van der Waals surface area contributed by atoms with E-state index in [0.717, 1.165) is 37.2 Å². The molecule has 194 valence electrons. The van der Waals surface area contributed by atoms with E-state index < -0.39 is 0 Å². The lowest BCUT2D eigenvalue weighted by molar-refractivity contribution is -0.123. The second-order valence-corrected chi connectivity index (χ2v) is 9.42. The number of amides is 1. The van der Waals surface area contributed by atoms with Crippen LogP contribution in [0.2, 0.25) is 0 Å². The molecule has 0 aliphatic heterocycles. The molecule has 2 heterocycles. The van der Waals surface area contributed by atoms with Crippen molar-refractivity contribution in [2.24, 2.45) is 5.92 Å². The highest BCUT2D eigenvalue weighted by molar-refractivity contribution is 7.19. The van der Waals surface area contributed by atoms with Gasteiger partial charge in [-0.25, -0.2) is 4.98 Å². The molecule has 1 atom stereocenters. The van der Waals surface area contributed by atoms with E-state index in [1.807, 2.05) is 71.3 Å². The molecule has 35 heavy (non-hydrogen) atoms. The van der Waals surface area contributed by atoms with Gasteiger partial charge in [0, 0.05) is 18.8 Å². The number of thiazole rings is 1. The number of hydrogen-bond acceptors (Lipinski definition) is 8. The molecule has 1 aliphatic carbocycles. The lowest BCUT2D eigenvalue weighted by atomic mass is 10.0. The third-order valence-electron chi connectivity index (χ3n) is 5.20. The number of aromatic nitrogens is 1. The van der Waals surface area contributed by atoms with Gasteiger partial charge in [0.2, 0.25) is 11.7 Å². The Balaban J connectivity index is 0.00000145. The molecule has 0 fully saturated rings. The molecule has 0 spiro atoms. The number of carbonyl (C=O) groups is 2. The highest BCUT2D eigenvalue weighted by Crippen LogP contribution is 2.31. The van der Waals surface area contributed by atoms with Gasteiger partial charge < -0.3 is 21.3 Å². The topological polar surface area (TPSA) is 100 Å². The number of rotatable bonds is 9. The summed E-state index contributed by atoms with van der Waals surface area (Å²) in [6, 6.07) is 1.92. The number of hydrogen-bond donors (Lipinski definition) is 3. The monoisotopic (exact) mass is 519 g/mol. The van der Waals surface area contributed by atoms with Gasteiger partial charge in [-0.15, -0.1) is 11.3 Å². The van der Waals surface area contributed by atoms with E-state index in [1.54, 1.807) is 0 Å². The van der Waals surface area contributed by atoms with Crippen molar-refractivity contribution in [2.45, 2.75) is 54.4 Å². The summed E-state index contributed by atoms with van der Waals surface area (Å²) < 4.78 is 0. The summed E-state index contributed by atoms with van der Waals surface area (Å²) in [5.41, 5.74) is 7.81. The third-order valence-corrected chi connectivity index (χ3v) is 7.20. The van der Waals surface area contributed by atoms with E-state index in [0.29, 0.717) is 21.4 Å². The van der Waals surface area contributed by atoms with Gasteiger partial charge in [0.25, 0.3) is 0 Å². The highest BCUT2D eigenvalue weighted by atomic mass is 32.1. The van der Waals surface area contributed by atoms with Crippen LogP contribution in [0.5, 0.6) is 0 Å². The van der Waals surface area contributed by atoms with Crippen LogP contribution in [0, 0.1) is 12.8 Å². The normalized spacial score (nSPS) is 14.6. The first-order valence-corrected chi connectivity index (χ1v) is 14.0. The van der Waals surface area contributed by atoms with Gasteiger partial charge in [0.1, 0.15) is 10.7 Å². The predicted molar refractivity (Wildman–Crippen MR) is 151 cm³/mol. The SMILES string of the molecule is CC.CC.CCN(C)CCNC(=O)C1C=CC(Nc2nc(N)c(C(=O)c3sccc3C)s2)=CCC1. The Morgan fingerprint density at radius 1 is 1.23 bits per heavy atom. The Hall–Kier alpha value is -2.49. The lowest BCUT2D eigenvalue weighted by Gasteiger charge is -2.16. The van der Waals surface area contributed by atoms with Crippen molar-refractivity contribution in [1.29, 1.82) is 0 Å². The molecule has 4 N–H and O–H groups in total. The van der Waals surface area contributed by atoms with Crippen LogP contribution in [0.4, 0.5) is 10.9 Å². The molecule has 2 aromatic rings. The van der Waals surface area contributed by atoms with Gasteiger partial charge in [0.15, 0.2) is 5.13 Å². The fourth-order valence-corrected chi connectivity index (χ4v) is 4.94. The zero-order chi connectivity index (χ0) is 26.4. The molecule has 0 bridgehead atoms. The highest BCUT2D eigenvalue weighted by Gasteiger charge is 2.21. The van der Waals surface area contributed by atoms with Crippen molar-refractivity contribution >= 4 is 45.3 Å². The number of anilines is 2. The quantitative estimate of drug-likeness (QED) is 0.367. The molecule has 0 radical (unpaired) electrons. The smallest absolute Gasteiger partial charge is 0.226 e. The van der Waals surface area contributed by atoms with Crippen LogP contribution in [-0.2, 0) is 4.79 Å². The van der Waals surface area contributed by atoms with Crippen LogP contribution < -0.4 is 16.4 Å². The number of aryl methyl sites for hydroxylation is 1. The molecule has 0 aromatic carbocycles. The number of likely N-dealkylation sites (N-methyl/N-ethyl adjacent to an activating group) is 1. The van der Waals surface area contributed by atoms with Crippen molar-refractivity contribution in [3.05, 3.63) is 50.7 Å². The third kappa shape index (κ3) is 9.23. The van der Waals surface area contributed by atoms with E-state index in [2.05, 4.69) is 27.4 Å². The molecule has 1 unspecified atom stereocenters. The largest absolute Gasteiger partial charge is 0.382 e. The molecule has 3 rings (SSSR count). The van der Waals surface area contributed by atoms with Crippen LogP contribution in [-0.4, -0.2) is 48.3 Å². The van der Waals surface area contributed by atoms with Crippen LogP contribution in [0.25, 0.3) is 0 Å². The van der Waals surface area contributed by atoms with Gasteiger partial charge in [-0.05, 0) is 56.4 Å². The van der Waals surface area contributed by atoms with Crippen LogP contribution in [0.1, 0.15) is 67.6 Å². The maximum atomic E-state index is 12.8. The number of nitrogen functional groups attached to an aromatic ring is 1. The molecule has 0 saturated carbocycles. The summed E-state index contributed by atoms with van der Waals surface area (Å²) in [5.74, 6) is 0.0279. The van der Waals surface area contributed by atoms with Gasteiger partial charge in [0.05, 0.1) is 10.8 Å². The predicted octanol–water partition coefficient (Wildman–Crippen LogP) is 5.71. The maximum Gasteiger partial charge on any atom is 0.226 e. The fourth-order valence-electron chi connectivity index (χ4n) is 3.15. The summed E-state index contributed by atoms with van der Waals surface area (Å²) in [5, 5.41) is 8.71. The van der Waals surface area contributed by atoms with E-state index >= 15 is 0 Å². The van der Waals surface area contributed by atoms with Gasteiger partial charge in [-0.1, -0.05) is 58.1 Å². The Bertz CT molecular complexity index is 994. The molecule has 1 aliphatic rings. The van der Waals surface area contributed by atoms with Crippen molar-refractivity contribution in [2.75, 3.05) is 37.7 Å². The van der Waals surface area contributed by atoms with Gasteiger partial charge in [-0.2, -0.15) is 0 Å². The summed E-state index contributed by atoms with van der Waals surface area (Å²) in [4.78, 5) is 32.9. The molecule has 7 nitrogen and oxygen atoms in total. The van der Waals surface area contributed by atoms with Crippen molar-refractivity contribution in [3.8, 4) is 0 Å². The number of thiophene rings is 1. The van der Waals surface area contributed by atoms with Crippen LogP contribution in [0.3, 0.4) is 0 Å². The van der Waals surface area contributed by atoms with Crippen LogP contribution >= 0.6 is 22.7 Å². The molecular formula is C26H41N5O2S2. The summed E-state index contributed by atoms with van der Waals surface area (Å²) in [6.45, 7) is 14.4. The minimum atomic E-state index is -0.164. The molecular weight excluding hydrogens is 478 g/mol. The second kappa shape index (κ2) is 16.2. The molecule has 1 amide bonds. The molecule has 0 saturated heterocycles. The van der Waals surface area contributed by atoms with E-state index in [4.69, 9.17) is 5.73 Å². The van der Waals surface area contributed by atoms with Gasteiger partial charge >= 0.3 is 0 Å². The van der Waals surface area contributed by atoms with E-state index in [-0.39, 0.29) is 23.4 Å². The number of nitrogens with zero attached hydrogens (tertiary/aromatic N) is 2. The zero-order valence-electron chi connectivity index (χ0n) is 22.1. The average Bonchev–Trinajstić information content (AvgIpc) is 3.38. The summed E-state index contributed by atoms with van der Waals surface area (Å²) >= 11 is 2.66. The van der Waals surface area contributed by atoms with Crippen molar-refractivity contribution in [1.82, 2.24) is 15.2 Å². The standard InChI is InChI=1S/C22H29N5O2S2.2C2H6/c1-4-27(3)12-11-24-21(29)15-6-5-7-16(9-8-15)25-22-26-20(23)19(31-22)17(28)18-14(2)10-13-30-18;2*1-2/h7-10,13,15H,4-6,11-12,23H2,1-3H3,(H,24,29)(H,25,26);2*1-2H3. The van der Waals surface area contributed by atoms with Crippen molar-refractivity contribution in [3.63, 3.8) is 0 Å². The van der Waals surface area contributed by atoms with E-state index in [1.165, 1.54) is 22.7 Å². The van der Waals surface area contributed by atoms with Gasteiger partial charge in [-0.3, -0.25) is 9.59 Å². The Morgan fingerprint density at radius 2 is 1.94 bits per heavy atom. The lowest BCUT2D eigenvalue weighted by Crippen LogP contribution is -2.36. The Kier molecular flexibility index (Phi) is 14.2. The molecule has 2 aromatic heterocycles. The first-order chi connectivity index (χ1) is 16.9. The number of carbonyl (C=O) groups excluding carboxylic acids is 2.